The summed E-state index contributed by atoms with van der Waals surface area (Å²) in [6, 6.07) is 6.67. The van der Waals surface area contributed by atoms with Crippen LogP contribution in [0.15, 0.2) is 24.3 Å². The second-order valence-corrected chi connectivity index (χ2v) is 4.71. The number of benzene rings is 1. The van der Waals surface area contributed by atoms with Gasteiger partial charge in [0.2, 0.25) is 0 Å². The van der Waals surface area contributed by atoms with Crippen LogP contribution >= 0.6 is 23.2 Å². The molecule has 1 rings (SSSR count). The van der Waals surface area contributed by atoms with E-state index in [0.29, 0.717) is 17.3 Å². The Kier molecular flexibility index (Phi) is 6.99. The number of anilines is 1. The molecule has 0 saturated heterocycles. The lowest BCUT2D eigenvalue weighted by molar-refractivity contribution is -0.142. The van der Waals surface area contributed by atoms with E-state index in [0.717, 1.165) is 18.8 Å². The molecule has 106 valence electrons. The topological polar surface area (TPSA) is 55.6 Å². The van der Waals surface area contributed by atoms with Gasteiger partial charge < -0.3 is 15.4 Å². The van der Waals surface area contributed by atoms with Crippen molar-refractivity contribution in [3.8, 4) is 0 Å². The predicted molar refractivity (Wildman–Crippen MR) is 79.0 cm³/mol. The minimum Gasteiger partial charge on any atom is -0.468 e. The molecule has 4 nitrogen and oxygen atoms in total. The quantitative estimate of drug-likeness (QED) is 0.619. The van der Waals surface area contributed by atoms with E-state index in [1.54, 1.807) is 0 Å². The van der Waals surface area contributed by atoms with Crippen molar-refractivity contribution in [2.24, 2.45) is 5.73 Å². The highest BCUT2D eigenvalue weighted by molar-refractivity contribution is 6.18. The average molecular weight is 305 g/mol. The van der Waals surface area contributed by atoms with Crippen LogP contribution in [-0.2, 0) is 9.53 Å². The van der Waals surface area contributed by atoms with Gasteiger partial charge in [0, 0.05) is 30.5 Å². The standard InChI is InChI=1S/C13H18Cl2N2O2/c1-19-13(18)12(16)10-2-4-11(5-3-10)17(8-6-14)9-7-15/h2-5,12H,6-9,16H2,1H3. The molecule has 1 aromatic rings. The molecule has 0 spiro atoms. The smallest absolute Gasteiger partial charge is 0.327 e. The summed E-state index contributed by atoms with van der Waals surface area (Å²) in [5.74, 6) is 0.604. The molecule has 0 heterocycles. The Balaban J connectivity index is 2.82. The Labute approximate surface area is 123 Å². The summed E-state index contributed by atoms with van der Waals surface area (Å²) in [5, 5.41) is 0. The Morgan fingerprint density at radius 2 is 1.79 bits per heavy atom. The number of nitrogens with zero attached hydrogens (tertiary/aromatic N) is 1. The van der Waals surface area contributed by atoms with Gasteiger partial charge in [0.1, 0.15) is 6.04 Å². The van der Waals surface area contributed by atoms with Crippen LogP contribution in [0, 0.1) is 0 Å². The number of hydrogen-bond donors (Lipinski definition) is 1. The number of halogens is 2. The summed E-state index contributed by atoms with van der Waals surface area (Å²) in [6.45, 7) is 1.44. The minimum atomic E-state index is -0.756. The van der Waals surface area contributed by atoms with Crippen LogP contribution in [0.3, 0.4) is 0 Å². The van der Waals surface area contributed by atoms with Gasteiger partial charge in [0.05, 0.1) is 7.11 Å². The maximum Gasteiger partial charge on any atom is 0.327 e. The van der Waals surface area contributed by atoms with Crippen molar-refractivity contribution in [3.05, 3.63) is 29.8 Å². The van der Waals surface area contributed by atoms with E-state index in [4.69, 9.17) is 28.9 Å². The minimum absolute atomic E-state index is 0.453. The van der Waals surface area contributed by atoms with Gasteiger partial charge in [-0.3, -0.25) is 4.79 Å². The summed E-state index contributed by atoms with van der Waals surface area (Å²) in [4.78, 5) is 13.4. The molecular formula is C13H18Cl2N2O2. The molecular weight excluding hydrogens is 287 g/mol. The largest absolute Gasteiger partial charge is 0.468 e. The van der Waals surface area contributed by atoms with E-state index in [1.165, 1.54) is 7.11 Å². The Morgan fingerprint density at radius 3 is 2.21 bits per heavy atom. The summed E-state index contributed by atoms with van der Waals surface area (Å²) in [5.41, 5.74) is 7.48. The predicted octanol–water partition coefficient (Wildman–Crippen LogP) is 2.14. The van der Waals surface area contributed by atoms with E-state index in [1.807, 2.05) is 24.3 Å². The second-order valence-electron chi connectivity index (χ2n) is 3.96. The molecule has 1 aromatic carbocycles. The monoisotopic (exact) mass is 304 g/mol. The van der Waals surface area contributed by atoms with Crippen molar-refractivity contribution < 1.29 is 9.53 Å². The molecule has 0 radical (unpaired) electrons. The van der Waals surface area contributed by atoms with Gasteiger partial charge in [-0.1, -0.05) is 12.1 Å². The van der Waals surface area contributed by atoms with Crippen LogP contribution < -0.4 is 10.6 Å². The van der Waals surface area contributed by atoms with Crippen LogP contribution in [0.2, 0.25) is 0 Å². The van der Waals surface area contributed by atoms with Crippen molar-refractivity contribution >= 4 is 34.9 Å². The van der Waals surface area contributed by atoms with Crippen LogP contribution in [0.4, 0.5) is 5.69 Å². The molecule has 1 atom stereocenters. The number of hydrogen-bond acceptors (Lipinski definition) is 4. The number of rotatable bonds is 7. The fraction of sp³-hybridized carbons (Fsp3) is 0.462. The number of ether oxygens (including phenoxy) is 1. The lowest BCUT2D eigenvalue weighted by Crippen LogP contribution is -2.27. The molecule has 1 unspecified atom stereocenters. The summed E-state index contributed by atoms with van der Waals surface area (Å²) >= 11 is 11.5. The van der Waals surface area contributed by atoms with Gasteiger partial charge >= 0.3 is 5.97 Å². The zero-order valence-electron chi connectivity index (χ0n) is 10.8. The number of methoxy groups -OCH3 is 1. The zero-order chi connectivity index (χ0) is 14.3. The first-order valence-electron chi connectivity index (χ1n) is 5.94. The molecule has 19 heavy (non-hydrogen) atoms. The first-order chi connectivity index (χ1) is 9.13. The van der Waals surface area contributed by atoms with Crippen LogP contribution in [-0.4, -0.2) is 37.9 Å². The van der Waals surface area contributed by atoms with Crippen LogP contribution in [0.1, 0.15) is 11.6 Å². The highest BCUT2D eigenvalue weighted by Gasteiger charge is 2.16. The third kappa shape index (κ3) is 4.56. The number of carbonyl (C=O) groups excluding carboxylic acids is 1. The van der Waals surface area contributed by atoms with Crippen molar-refractivity contribution in [2.45, 2.75) is 6.04 Å². The van der Waals surface area contributed by atoms with Crippen molar-refractivity contribution in [2.75, 3.05) is 36.9 Å². The van der Waals surface area contributed by atoms with E-state index in [9.17, 15) is 4.79 Å². The highest BCUT2D eigenvalue weighted by Crippen LogP contribution is 2.19. The molecule has 0 saturated carbocycles. The Morgan fingerprint density at radius 1 is 1.26 bits per heavy atom. The lowest BCUT2D eigenvalue weighted by Gasteiger charge is -2.23. The van der Waals surface area contributed by atoms with Crippen molar-refractivity contribution in [1.29, 1.82) is 0 Å². The molecule has 0 bridgehead atoms. The van der Waals surface area contributed by atoms with Crippen molar-refractivity contribution in [1.82, 2.24) is 0 Å². The maximum atomic E-state index is 11.3. The fourth-order valence-electron chi connectivity index (χ4n) is 1.73. The number of carbonyl (C=O) groups is 1. The third-order valence-electron chi connectivity index (χ3n) is 2.78. The first kappa shape index (κ1) is 16.1. The first-order valence-corrected chi connectivity index (χ1v) is 7.01. The van der Waals surface area contributed by atoms with Gasteiger partial charge in [-0.05, 0) is 17.7 Å². The van der Waals surface area contributed by atoms with Gasteiger partial charge in [-0.2, -0.15) is 0 Å². The molecule has 0 aliphatic rings. The normalized spacial score (nSPS) is 12.0. The van der Waals surface area contributed by atoms with Crippen LogP contribution in [0.5, 0.6) is 0 Å². The van der Waals surface area contributed by atoms with E-state index < -0.39 is 12.0 Å². The Hall–Kier alpha value is -0.970. The fourth-order valence-corrected chi connectivity index (χ4v) is 2.14. The van der Waals surface area contributed by atoms with E-state index in [-0.39, 0.29) is 0 Å². The van der Waals surface area contributed by atoms with E-state index >= 15 is 0 Å². The van der Waals surface area contributed by atoms with Gasteiger partial charge in [0.25, 0.3) is 0 Å². The van der Waals surface area contributed by atoms with Crippen molar-refractivity contribution in [3.63, 3.8) is 0 Å². The molecule has 6 heteroatoms. The SMILES string of the molecule is COC(=O)C(N)c1ccc(N(CCCl)CCCl)cc1. The highest BCUT2D eigenvalue weighted by atomic mass is 35.5. The summed E-state index contributed by atoms with van der Waals surface area (Å²) in [7, 11) is 1.32. The van der Waals surface area contributed by atoms with Crippen LogP contribution in [0.25, 0.3) is 0 Å². The molecule has 0 aromatic heterocycles. The Bertz CT molecular complexity index is 392. The summed E-state index contributed by atoms with van der Waals surface area (Å²) < 4.78 is 4.61. The molecule has 0 fully saturated rings. The number of nitrogens with two attached hydrogens (primary N) is 1. The lowest BCUT2D eigenvalue weighted by atomic mass is 10.1. The zero-order valence-corrected chi connectivity index (χ0v) is 12.3. The van der Waals surface area contributed by atoms with Gasteiger partial charge in [-0.15, -0.1) is 23.2 Å². The van der Waals surface area contributed by atoms with Gasteiger partial charge in [-0.25, -0.2) is 0 Å². The molecule has 0 amide bonds. The maximum absolute atomic E-state index is 11.3. The van der Waals surface area contributed by atoms with E-state index in [2.05, 4.69) is 9.64 Å². The molecule has 0 aliphatic heterocycles. The number of esters is 1. The second kappa shape index (κ2) is 8.25. The molecule has 2 N–H and O–H groups in total. The number of alkyl halides is 2. The average Bonchev–Trinajstić information content (AvgIpc) is 2.45. The summed E-state index contributed by atoms with van der Waals surface area (Å²) in [6.07, 6.45) is 0. The molecule has 0 aliphatic carbocycles. The third-order valence-corrected chi connectivity index (χ3v) is 3.12. The van der Waals surface area contributed by atoms with Gasteiger partial charge in [0.15, 0.2) is 0 Å².